The van der Waals surface area contributed by atoms with Crippen LogP contribution in [0.3, 0.4) is 0 Å². The summed E-state index contributed by atoms with van der Waals surface area (Å²) in [5.74, 6) is 1.57. The van der Waals surface area contributed by atoms with E-state index in [1.54, 1.807) is 11.8 Å². The molecule has 1 fully saturated rings. The zero-order valence-corrected chi connectivity index (χ0v) is 9.37. The van der Waals surface area contributed by atoms with Gasteiger partial charge in [-0.15, -0.1) is 0 Å². The summed E-state index contributed by atoms with van der Waals surface area (Å²) in [7, 11) is 0. The second kappa shape index (κ2) is 4.11. The predicted octanol–water partition coefficient (Wildman–Crippen LogP) is 3.73. The maximum absolute atomic E-state index is 14.1. The molecule has 1 saturated heterocycles. The lowest BCUT2D eigenvalue weighted by Crippen LogP contribution is -2.24. The van der Waals surface area contributed by atoms with Crippen LogP contribution in [0.25, 0.3) is 0 Å². The van der Waals surface area contributed by atoms with E-state index in [0.717, 1.165) is 11.3 Å². The predicted molar refractivity (Wildman–Crippen MR) is 60.9 cm³/mol. The Hall–Kier alpha value is -0.210. The number of rotatable bonds is 2. The van der Waals surface area contributed by atoms with Crippen molar-refractivity contribution in [3.8, 4) is 0 Å². The lowest BCUT2D eigenvalue weighted by atomic mass is 9.96. The zero-order valence-electron chi connectivity index (χ0n) is 7.80. The second-order valence-corrected chi connectivity index (χ2v) is 5.30. The highest BCUT2D eigenvalue weighted by molar-refractivity contribution is 7.99. The summed E-state index contributed by atoms with van der Waals surface area (Å²) in [5.41, 5.74) is -0.00230. The molecule has 0 radical (unpaired) electrons. The third-order valence-electron chi connectivity index (χ3n) is 2.47. The minimum absolute atomic E-state index is 0.501. The average Bonchev–Trinajstić information content (AvgIpc) is 2.51. The maximum Gasteiger partial charge on any atom is 0.124 e. The van der Waals surface area contributed by atoms with Gasteiger partial charge in [-0.25, -0.2) is 4.39 Å². The Morgan fingerprint density at radius 3 is 3.00 bits per heavy atom. The lowest BCUT2D eigenvalue weighted by Gasteiger charge is -2.17. The van der Waals surface area contributed by atoms with Gasteiger partial charge in [-0.3, -0.25) is 0 Å². The summed E-state index contributed by atoms with van der Waals surface area (Å²) in [6, 6.07) is 7.49. The van der Waals surface area contributed by atoms with Crippen molar-refractivity contribution >= 4 is 23.4 Å². The van der Waals surface area contributed by atoms with Gasteiger partial charge in [0, 0.05) is 17.2 Å². The van der Waals surface area contributed by atoms with E-state index in [4.69, 9.17) is 11.6 Å². The largest absolute Gasteiger partial charge is 0.243 e. The zero-order chi connectivity index (χ0) is 10.0. The van der Waals surface area contributed by atoms with Crippen LogP contribution >= 0.6 is 23.4 Å². The number of hydrogen-bond donors (Lipinski definition) is 0. The van der Waals surface area contributed by atoms with E-state index in [-0.39, 0.29) is 0 Å². The molecule has 1 atom stereocenters. The van der Waals surface area contributed by atoms with Crippen molar-refractivity contribution in [1.29, 1.82) is 0 Å². The first-order chi connectivity index (χ1) is 6.68. The first-order valence-corrected chi connectivity index (χ1v) is 6.22. The van der Waals surface area contributed by atoms with Gasteiger partial charge in [0.25, 0.3) is 0 Å². The van der Waals surface area contributed by atoms with Crippen LogP contribution < -0.4 is 0 Å². The van der Waals surface area contributed by atoms with Gasteiger partial charge in [0.15, 0.2) is 0 Å². The average molecular weight is 231 g/mol. The van der Waals surface area contributed by atoms with Gasteiger partial charge in [0.05, 0.1) is 0 Å². The first kappa shape index (κ1) is 10.3. The third-order valence-corrected chi connectivity index (χ3v) is 3.91. The fourth-order valence-electron chi connectivity index (χ4n) is 1.73. The van der Waals surface area contributed by atoms with Crippen LogP contribution in [-0.4, -0.2) is 17.2 Å². The van der Waals surface area contributed by atoms with Gasteiger partial charge in [0.2, 0.25) is 0 Å². The van der Waals surface area contributed by atoms with Crippen molar-refractivity contribution in [3.63, 3.8) is 0 Å². The summed E-state index contributed by atoms with van der Waals surface area (Å²) >= 11 is 7.54. The molecule has 0 aliphatic carbocycles. The Labute approximate surface area is 92.8 Å². The molecule has 1 heterocycles. The minimum Gasteiger partial charge on any atom is -0.243 e. The molecule has 1 aliphatic rings. The van der Waals surface area contributed by atoms with E-state index >= 15 is 0 Å². The molecule has 0 bridgehead atoms. The van der Waals surface area contributed by atoms with Crippen LogP contribution in [-0.2, 0) is 6.42 Å². The molecule has 14 heavy (non-hydrogen) atoms. The molecule has 2 rings (SSSR count). The van der Waals surface area contributed by atoms with Crippen molar-refractivity contribution in [2.24, 2.45) is 0 Å². The summed E-state index contributed by atoms with van der Waals surface area (Å²) in [4.78, 5) is 0. The fourth-order valence-corrected chi connectivity index (χ4v) is 3.21. The van der Waals surface area contributed by atoms with Crippen molar-refractivity contribution < 1.29 is 4.39 Å². The molecule has 3 heteroatoms. The van der Waals surface area contributed by atoms with Crippen molar-refractivity contribution in [1.82, 2.24) is 0 Å². The van der Waals surface area contributed by atoms with Gasteiger partial charge in [-0.05, 0) is 29.9 Å². The van der Waals surface area contributed by atoms with Gasteiger partial charge >= 0.3 is 0 Å². The van der Waals surface area contributed by atoms with E-state index in [1.165, 1.54) is 0 Å². The van der Waals surface area contributed by atoms with Crippen LogP contribution in [0.15, 0.2) is 24.3 Å². The molecular weight excluding hydrogens is 219 g/mol. The Balaban J connectivity index is 2.10. The van der Waals surface area contributed by atoms with E-state index in [0.29, 0.717) is 23.6 Å². The topological polar surface area (TPSA) is 0 Å². The van der Waals surface area contributed by atoms with Gasteiger partial charge in [-0.1, -0.05) is 23.7 Å². The molecule has 1 aromatic rings. The molecular formula is C11H12ClFS. The highest BCUT2D eigenvalue weighted by Crippen LogP contribution is 2.34. The second-order valence-electron chi connectivity index (χ2n) is 3.76. The van der Waals surface area contributed by atoms with E-state index in [9.17, 15) is 4.39 Å². The molecule has 0 saturated carbocycles. The number of halogens is 2. The summed E-state index contributed by atoms with van der Waals surface area (Å²) in [6.45, 7) is 0. The van der Waals surface area contributed by atoms with Crippen LogP contribution in [0.2, 0.25) is 5.02 Å². The Morgan fingerprint density at radius 2 is 2.36 bits per heavy atom. The van der Waals surface area contributed by atoms with Crippen molar-refractivity contribution in [2.75, 3.05) is 11.5 Å². The molecule has 0 N–H and O–H groups in total. The molecule has 1 aliphatic heterocycles. The molecule has 0 spiro atoms. The normalized spacial score (nSPS) is 26.7. The van der Waals surface area contributed by atoms with Gasteiger partial charge in [-0.2, -0.15) is 11.8 Å². The minimum atomic E-state index is -1.00. The summed E-state index contributed by atoms with van der Waals surface area (Å²) in [5, 5.41) is 0.691. The molecule has 1 aromatic carbocycles. The SMILES string of the molecule is FC1(Cc2cccc(Cl)c2)CCSC1. The third kappa shape index (κ3) is 2.43. The summed E-state index contributed by atoms with van der Waals surface area (Å²) < 4.78 is 14.1. The number of thioether (sulfide) groups is 1. The van der Waals surface area contributed by atoms with Crippen LogP contribution in [0.5, 0.6) is 0 Å². The number of alkyl halides is 1. The first-order valence-electron chi connectivity index (χ1n) is 4.69. The van der Waals surface area contributed by atoms with Crippen LogP contribution in [0.1, 0.15) is 12.0 Å². The fraction of sp³-hybridized carbons (Fsp3) is 0.455. The van der Waals surface area contributed by atoms with E-state index in [2.05, 4.69) is 0 Å². The Bertz CT molecular complexity index is 321. The molecule has 1 unspecified atom stereocenters. The number of benzene rings is 1. The van der Waals surface area contributed by atoms with E-state index in [1.807, 2.05) is 24.3 Å². The molecule has 0 aromatic heterocycles. The van der Waals surface area contributed by atoms with Gasteiger partial charge < -0.3 is 0 Å². The van der Waals surface area contributed by atoms with Crippen LogP contribution in [0, 0.1) is 0 Å². The van der Waals surface area contributed by atoms with Gasteiger partial charge in [0.1, 0.15) is 5.67 Å². The van der Waals surface area contributed by atoms with Crippen LogP contribution in [0.4, 0.5) is 4.39 Å². The number of hydrogen-bond acceptors (Lipinski definition) is 1. The molecule has 0 nitrogen and oxygen atoms in total. The molecule has 0 amide bonds. The van der Waals surface area contributed by atoms with Crippen molar-refractivity contribution in [3.05, 3.63) is 34.9 Å². The Morgan fingerprint density at radius 1 is 1.50 bits per heavy atom. The van der Waals surface area contributed by atoms with E-state index < -0.39 is 5.67 Å². The Kier molecular flexibility index (Phi) is 3.03. The molecule has 76 valence electrons. The maximum atomic E-state index is 14.1. The van der Waals surface area contributed by atoms with Crippen molar-refractivity contribution in [2.45, 2.75) is 18.5 Å². The lowest BCUT2D eigenvalue weighted by molar-refractivity contribution is 0.199. The highest BCUT2D eigenvalue weighted by Gasteiger charge is 2.34. The summed E-state index contributed by atoms with van der Waals surface area (Å²) in [6.07, 6.45) is 1.17. The quantitative estimate of drug-likeness (QED) is 0.746. The monoisotopic (exact) mass is 230 g/mol. The smallest absolute Gasteiger partial charge is 0.124 e. The highest BCUT2D eigenvalue weighted by atomic mass is 35.5. The standard InChI is InChI=1S/C11H12ClFS/c12-10-3-1-2-9(6-10)7-11(13)4-5-14-8-11/h1-3,6H,4-5,7-8H2.